The van der Waals surface area contributed by atoms with Crippen molar-refractivity contribution >= 4 is 35.4 Å². The predicted molar refractivity (Wildman–Crippen MR) is 109 cm³/mol. The average Bonchev–Trinajstić information content (AvgIpc) is 3.05. The second kappa shape index (κ2) is 9.82. The highest BCUT2D eigenvalue weighted by Crippen LogP contribution is 2.42. The Morgan fingerprint density at radius 2 is 1.79 bits per heavy atom. The number of hydrogen-bond acceptors (Lipinski definition) is 6. The van der Waals surface area contributed by atoms with Gasteiger partial charge in [0.15, 0.2) is 0 Å². The number of carbonyl (C=O) groups excluding carboxylic acids is 2. The van der Waals surface area contributed by atoms with E-state index in [0.717, 1.165) is 5.56 Å². The maximum absolute atomic E-state index is 13.1. The molecule has 1 saturated heterocycles. The summed E-state index contributed by atoms with van der Waals surface area (Å²) in [6.07, 6.45) is -0.580. The number of benzene rings is 1. The number of hydrogen-bond donors (Lipinski definition) is 2. The van der Waals surface area contributed by atoms with Crippen molar-refractivity contribution in [1.29, 1.82) is 0 Å². The second-order valence-corrected chi connectivity index (χ2v) is 8.96. The lowest BCUT2D eigenvalue weighted by atomic mass is 10.1. The van der Waals surface area contributed by atoms with Crippen LogP contribution in [0.3, 0.4) is 0 Å². The molecule has 2 amide bonds. The number of aliphatic hydroxyl groups is 2. The molecule has 0 radical (unpaired) electrons. The molecule has 9 heteroatoms. The number of ether oxygens (including phenoxy) is 1. The van der Waals surface area contributed by atoms with Gasteiger partial charge in [-0.15, -0.1) is 11.8 Å². The molecule has 0 saturated carbocycles. The fourth-order valence-corrected chi connectivity index (χ4v) is 4.44. The van der Waals surface area contributed by atoms with Gasteiger partial charge in [-0.25, -0.2) is 4.79 Å². The highest BCUT2D eigenvalue weighted by Gasteiger charge is 2.45. The summed E-state index contributed by atoms with van der Waals surface area (Å²) in [5, 5.41) is 18.7. The molecule has 2 unspecified atom stereocenters. The highest BCUT2D eigenvalue weighted by molar-refractivity contribution is 7.99. The molecule has 0 aromatic heterocycles. The van der Waals surface area contributed by atoms with Gasteiger partial charge >= 0.3 is 6.09 Å². The van der Waals surface area contributed by atoms with E-state index < -0.39 is 23.1 Å². The van der Waals surface area contributed by atoms with E-state index in [-0.39, 0.29) is 32.2 Å². The van der Waals surface area contributed by atoms with E-state index in [1.165, 1.54) is 21.6 Å². The molecule has 0 aliphatic carbocycles. The number of carbonyl (C=O) groups is 2. The Labute approximate surface area is 174 Å². The standard InChI is InChI=1S/C19H27ClN2O5S/c1-19(2,3)27-18(26)22-15(16(25)21(8-10-23)9-11-24)12-28-17(22)13-4-6-14(20)7-5-13/h4-7,15,17,23-24H,8-12H2,1-3H3. The zero-order valence-corrected chi connectivity index (χ0v) is 17.9. The Bertz CT molecular complexity index is 674. The Morgan fingerprint density at radius 1 is 1.21 bits per heavy atom. The van der Waals surface area contributed by atoms with Crippen LogP contribution in [0.25, 0.3) is 0 Å². The van der Waals surface area contributed by atoms with Crippen molar-refractivity contribution in [2.24, 2.45) is 0 Å². The number of halogens is 1. The lowest BCUT2D eigenvalue weighted by Crippen LogP contribution is -2.51. The van der Waals surface area contributed by atoms with Gasteiger partial charge in [0, 0.05) is 23.9 Å². The van der Waals surface area contributed by atoms with Crippen LogP contribution in [0.4, 0.5) is 4.79 Å². The quantitative estimate of drug-likeness (QED) is 0.720. The Kier molecular flexibility index (Phi) is 8.00. The van der Waals surface area contributed by atoms with Gasteiger partial charge in [0.2, 0.25) is 5.91 Å². The predicted octanol–water partition coefficient (Wildman–Crippen LogP) is 2.50. The van der Waals surface area contributed by atoms with Gasteiger partial charge in [0.05, 0.1) is 13.2 Å². The van der Waals surface area contributed by atoms with E-state index >= 15 is 0 Å². The lowest BCUT2D eigenvalue weighted by Gasteiger charge is -2.33. The fraction of sp³-hybridized carbons (Fsp3) is 0.579. The largest absolute Gasteiger partial charge is 0.444 e. The number of nitrogens with zero attached hydrogens (tertiary/aromatic N) is 2. The van der Waals surface area contributed by atoms with Crippen molar-refractivity contribution < 1.29 is 24.5 Å². The topological polar surface area (TPSA) is 90.3 Å². The van der Waals surface area contributed by atoms with Gasteiger partial charge in [-0.1, -0.05) is 23.7 Å². The number of thioether (sulfide) groups is 1. The Morgan fingerprint density at radius 3 is 2.29 bits per heavy atom. The summed E-state index contributed by atoms with van der Waals surface area (Å²) in [5.41, 5.74) is 0.129. The average molecular weight is 431 g/mol. The summed E-state index contributed by atoms with van der Waals surface area (Å²) < 4.78 is 5.56. The first-order valence-electron chi connectivity index (χ1n) is 9.07. The van der Waals surface area contributed by atoms with Crippen molar-refractivity contribution in [3.05, 3.63) is 34.9 Å². The summed E-state index contributed by atoms with van der Waals surface area (Å²) in [5.74, 6) is 0.0663. The zero-order chi connectivity index (χ0) is 20.9. The van der Waals surface area contributed by atoms with Crippen molar-refractivity contribution in [1.82, 2.24) is 9.80 Å². The molecule has 2 atom stereocenters. The summed E-state index contributed by atoms with van der Waals surface area (Å²) in [6, 6.07) is 6.37. The van der Waals surface area contributed by atoms with Crippen LogP contribution in [0, 0.1) is 0 Å². The molecular formula is C19H27ClN2O5S. The molecule has 1 aromatic carbocycles. The number of aliphatic hydroxyl groups excluding tert-OH is 2. The van der Waals surface area contributed by atoms with Crippen LogP contribution in [-0.4, -0.2) is 75.7 Å². The fourth-order valence-electron chi connectivity index (χ4n) is 2.90. The second-order valence-electron chi connectivity index (χ2n) is 7.41. The maximum atomic E-state index is 13.1. The van der Waals surface area contributed by atoms with Crippen LogP contribution in [-0.2, 0) is 9.53 Å². The van der Waals surface area contributed by atoms with E-state index in [1.807, 2.05) is 12.1 Å². The van der Waals surface area contributed by atoms with Gasteiger partial charge in [-0.05, 0) is 38.5 Å². The summed E-state index contributed by atoms with van der Waals surface area (Å²) in [6.45, 7) is 5.05. The molecule has 1 aliphatic rings. The van der Waals surface area contributed by atoms with Gasteiger partial charge in [-0.2, -0.15) is 0 Å². The third-order valence-corrected chi connectivity index (χ3v) is 5.67. The Hall–Kier alpha value is -1.48. The van der Waals surface area contributed by atoms with Crippen LogP contribution in [0.15, 0.2) is 24.3 Å². The molecule has 1 fully saturated rings. The monoisotopic (exact) mass is 430 g/mol. The first-order valence-corrected chi connectivity index (χ1v) is 10.5. The zero-order valence-electron chi connectivity index (χ0n) is 16.3. The van der Waals surface area contributed by atoms with E-state index in [9.17, 15) is 19.8 Å². The van der Waals surface area contributed by atoms with Crippen molar-refractivity contribution in [3.63, 3.8) is 0 Å². The minimum Gasteiger partial charge on any atom is -0.444 e. The summed E-state index contributed by atoms with van der Waals surface area (Å²) in [4.78, 5) is 28.8. The van der Waals surface area contributed by atoms with Crippen LogP contribution < -0.4 is 0 Å². The minimum atomic E-state index is -0.751. The van der Waals surface area contributed by atoms with Crippen LogP contribution in [0.5, 0.6) is 0 Å². The molecular weight excluding hydrogens is 404 g/mol. The molecule has 1 heterocycles. The van der Waals surface area contributed by atoms with Crippen LogP contribution in [0.1, 0.15) is 31.7 Å². The molecule has 2 rings (SSSR count). The van der Waals surface area contributed by atoms with E-state index in [4.69, 9.17) is 16.3 Å². The molecule has 1 aromatic rings. The Balaban J connectivity index is 2.34. The smallest absolute Gasteiger partial charge is 0.412 e. The van der Waals surface area contributed by atoms with Gasteiger partial charge in [-0.3, -0.25) is 9.69 Å². The van der Waals surface area contributed by atoms with Crippen LogP contribution in [0.2, 0.25) is 5.02 Å². The summed E-state index contributed by atoms with van der Waals surface area (Å²) in [7, 11) is 0. The van der Waals surface area contributed by atoms with E-state index in [1.54, 1.807) is 32.9 Å². The molecule has 0 spiro atoms. The van der Waals surface area contributed by atoms with Gasteiger partial charge in [0.25, 0.3) is 0 Å². The van der Waals surface area contributed by atoms with E-state index in [0.29, 0.717) is 10.8 Å². The third kappa shape index (κ3) is 5.76. The first kappa shape index (κ1) is 22.8. The molecule has 7 nitrogen and oxygen atoms in total. The molecule has 2 N–H and O–H groups in total. The van der Waals surface area contributed by atoms with Crippen molar-refractivity contribution in [2.45, 2.75) is 37.8 Å². The normalized spacial score (nSPS) is 19.6. The summed E-state index contributed by atoms with van der Waals surface area (Å²) >= 11 is 7.44. The maximum Gasteiger partial charge on any atom is 0.412 e. The first-order chi connectivity index (χ1) is 13.2. The molecule has 0 bridgehead atoms. The van der Waals surface area contributed by atoms with Gasteiger partial charge in [0.1, 0.15) is 17.0 Å². The molecule has 1 aliphatic heterocycles. The van der Waals surface area contributed by atoms with Crippen LogP contribution >= 0.6 is 23.4 Å². The third-order valence-electron chi connectivity index (χ3n) is 4.10. The molecule has 28 heavy (non-hydrogen) atoms. The van der Waals surface area contributed by atoms with Crippen molar-refractivity contribution in [3.8, 4) is 0 Å². The van der Waals surface area contributed by atoms with Crippen molar-refractivity contribution in [2.75, 3.05) is 32.1 Å². The SMILES string of the molecule is CC(C)(C)OC(=O)N1C(C(=O)N(CCO)CCO)CSC1c1ccc(Cl)cc1. The number of rotatable bonds is 6. The van der Waals surface area contributed by atoms with E-state index in [2.05, 4.69) is 0 Å². The minimum absolute atomic E-state index is 0.0916. The van der Waals surface area contributed by atoms with Gasteiger partial charge < -0.3 is 19.8 Å². The highest BCUT2D eigenvalue weighted by atomic mass is 35.5. The number of amides is 2. The lowest BCUT2D eigenvalue weighted by molar-refractivity contribution is -0.137. The molecule has 156 valence electrons.